The van der Waals surface area contributed by atoms with Crippen LogP contribution in [0.4, 0.5) is 0 Å². The molecule has 4 aromatic carbocycles. The third kappa shape index (κ3) is 8.36. The standard InChI is InChI=1S/C53H59N7O3/c1-5-35(6-2)48(38-17-11-9-12-18-38)52(61)59-29-15-21-44(59)50-54-33-42(56-50)36-23-25-37(26-24-36)47-32-41-31-40(27-28-46(41)63-47)43-34-55-51(57-43)45-22-16-30-60(45)53(62)49(58(7-3)8-4)39-19-13-10-14-20-39/h9-14,17-20,23-28,31-35,44-45,48-49H,5-8,15-16,21-22,29-30H2,1-4H3,(H,54,56)(H,55,57)/t44-,45-,48+,49+/m0/s1. The summed E-state index contributed by atoms with van der Waals surface area (Å²) in [6.07, 6.45) is 9.36. The number of aromatic amines is 2. The number of likely N-dealkylation sites (N-methyl/N-ethyl adjacent to an activating group) is 1. The van der Waals surface area contributed by atoms with E-state index in [2.05, 4.69) is 114 Å². The predicted octanol–water partition coefficient (Wildman–Crippen LogP) is 11.5. The van der Waals surface area contributed by atoms with E-state index in [0.717, 1.165) is 126 Å². The average Bonchev–Trinajstić information content (AvgIpc) is 4.19. The summed E-state index contributed by atoms with van der Waals surface area (Å²) in [5, 5.41) is 0.998. The van der Waals surface area contributed by atoms with Crippen LogP contribution < -0.4 is 0 Å². The fraction of sp³-hybridized carbons (Fsp3) is 0.358. The van der Waals surface area contributed by atoms with Crippen LogP contribution in [0.15, 0.2) is 126 Å². The van der Waals surface area contributed by atoms with Gasteiger partial charge >= 0.3 is 0 Å². The molecule has 0 unspecified atom stereocenters. The van der Waals surface area contributed by atoms with Crippen LogP contribution in [0.25, 0.3) is 44.8 Å². The molecule has 2 fully saturated rings. The monoisotopic (exact) mass is 841 g/mol. The molecule has 2 N–H and O–H groups in total. The number of imidazole rings is 2. The van der Waals surface area contributed by atoms with E-state index < -0.39 is 0 Å². The van der Waals surface area contributed by atoms with E-state index in [-0.39, 0.29) is 41.8 Å². The third-order valence-electron chi connectivity index (χ3n) is 13.7. The zero-order valence-electron chi connectivity index (χ0n) is 37.0. The summed E-state index contributed by atoms with van der Waals surface area (Å²) in [5.74, 6) is 2.92. The van der Waals surface area contributed by atoms with E-state index in [9.17, 15) is 9.59 Å². The van der Waals surface area contributed by atoms with Crippen molar-refractivity contribution in [3.63, 3.8) is 0 Å². The highest BCUT2D eigenvalue weighted by atomic mass is 16.3. The lowest BCUT2D eigenvalue weighted by molar-refractivity contribution is -0.138. The molecule has 0 bridgehead atoms. The number of amides is 2. The maximum absolute atomic E-state index is 14.3. The number of hydrogen-bond donors (Lipinski definition) is 2. The van der Waals surface area contributed by atoms with Crippen molar-refractivity contribution in [2.24, 2.45) is 5.92 Å². The number of furan rings is 1. The lowest BCUT2D eigenvalue weighted by atomic mass is 9.81. The quantitative estimate of drug-likeness (QED) is 0.106. The predicted molar refractivity (Wildman–Crippen MR) is 250 cm³/mol. The van der Waals surface area contributed by atoms with Gasteiger partial charge in [0.25, 0.3) is 0 Å². The van der Waals surface area contributed by atoms with Crippen LogP contribution in [0.1, 0.15) is 113 Å². The van der Waals surface area contributed by atoms with Crippen LogP contribution in [0, 0.1) is 5.92 Å². The Labute approximate surface area is 370 Å². The van der Waals surface area contributed by atoms with Crippen molar-refractivity contribution in [3.05, 3.63) is 144 Å². The molecule has 63 heavy (non-hydrogen) atoms. The first-order valence-corrected chi connectivity index (χ1v) is 23.1. The normalized spacial score (nSPS) is 17.6. The zero-order valence-corrected chi connectivity index (χ0v) is 37.0. The fourth-order valence-corrected chi connectivity index (χ4v) is 10.2. The molecule has 0 saturated carbocycles. The van der Waals surface area contributed by atoms with Crippen LogP contribution in [-0.4, -0.2) is 72.6 Å². The maximum Gasteiger partial charge on any atom is 0.245 e. The Morgan fingerprint density at radius 1 is 0.667 bits per heavy atom. The van der Waals surface area contributed by atoms with Gasteiger partial charge in [0, 0.05) is 29.6 Å². The molecule has 0 radical (unpaired) electrons. The third-order valence-corrected chi connectivity index (χ3v) is 13.7. The summed E-state index contributed by atoms with van der Waals surface area (Å²) in [7, 11) is 0. The lowest BCUT2D eigenvalue weighted by Crippen LogP contribution is -2.43. The summed E-state index contributed by atoms with van der Waals surface area (Å²) in [4.78, 5) is 51.8. The first kappa shape index (κ1) is 42.1. The molecule has 7 aromatic rings. The second kappa shape index (κ2) is 18.6. The molecular weight excluding hydrogens is 783 g/mol. The molecule has 0 spiro atoms. The van der Waals surface area contributed by atoms with E-state index in [1.54, 1.807) is 0 Å². The largest absolute Gasteiger partial charge is 0.456 e. The molecule has 0 aliphatic carbocycles. The second-order valence-corrected chi connectivity index (χ2v) is 17.2. The number of aromatic nitrogens is 4. The molecule has 10 nitrogen and oxygen atoms in total. The lowest BCUT2D eigenvalue weighted by Gasteiger charge is -2.34. The topological polar surface area (TPSA) is 114 Å². The van der Waals surface area contributed by atoms with Crippen molar-refractivity contribution in [1.29, 1.82) is 0 Å². The van der Waals surface area contributed by atoms with Crippen LogP contribution >= 0.6 is 0 Å². The Hall–Kier alpha value is -6.26. The minimum absolute atomic E-state index is 0.0724. The first-order chi connectivity index (χ1) is 30.9. The highest BCUT2D eigenvalue weighted by molar-refractivity contribution is 5.88. The van der Waals surface area contributed by atoms with Crippen molar-refractivity contribution in [3.8, 4) is 33.8 Å². The number of nitrogens with zero attached hydrogens (tertiary/aromatic N) is 5. The molecule has 3 aromatic heterocycles. The zero-order chi connectivity index (χ0) is 43.5. The molecule has 2 saturated heterocycles. The molecule has 2 amide bonds. The molecule has 9 rings (SSSR count). The van der Waals surface area contributed by atoms with Crippen molar-refractivity contribution < 1.29 is 14.0 Å². The van der Waals surface area contributed by atoms with Crippen molar-refractivity contribution >= 4 is 22.8 Å². The Morgan fingerprint density at radius 3 is 1.79 bits per heavy atom. The number of fused-ring (bicyclic) bond motifs is 1. The van der Waals surface area contributed by atoms with Gasteiger partial charge in [0.1, 0.15) is 29.0 Å². The van der Waals surface area contributed by atoms with Crippen molar-refractivity contribution in [2.45, 2.75) is 90.3 Å². The number of rotatable bonds is 15. The van der Waals surface area contributed by atoms with Gasteiger partial charge in [-0.3, -0.25) is 14.5 Å². The van der Waals surface area contributed by atoms with Crippen molar-refractivity contribution in [1.82, 2.24) is 34.6 Å². The van der Waals surface area contributed by atoms with Gasteiger partial charge in [-0.2, -0.15) is 0 Å². The molecule has 2 aliphatic rings. The van der Waals surface area contributed by atoms with E-state index in [1.165, 1.54) is 0 Å². The molecule has 4 atom stereocenters. The Balaban J connectivity index is 0.891. The van der Waals surface area contributed by atoms with Crippen LogP contribution in [0.5, 0.6) is 0 Å². The van der Waals surface area contributed by atoms with E-state index in [4.69, 9.17) is 14.4 Å². The number of nitrogens with one attached hydrogen (secondary N) is 2. The average molecular weight is 842 g/mol. The first-order valence-electron chi connectivity index (χ1n) is 23.1. The number of benzene rings is 4. The maximum atomic E-state index is 14.3. The Morgan fingerprint density at radius 2 is 1.21 bits per heavy atom. The number of H-pyrrole nitrogens is 2. The Kier molecular flexibility index (Phi) is 12.4. The Bertz CT molecular complexity index is 2620. The number of likely N-dealkylation sites (tertiary alicyclic amines) is 2. The molecular formula is C53H59N7O3. The van der Waals surface area contributed by atoms with E-state index >= 15 is 0 Å². The summed E-state index contributed by atoms with van der Waals surface area (Å²) < 4.78 is 6.37. The second-order valence-electron chi connectivity index (χ2n) is 17.2. The minimum Gasteiger partial charge on any atom is -0.456 e. The molecule has 5 heterocycles. The number of carbonyl (C=O) groups is 2. The van der Waals surface area contributed by atoms with E-state index in [0.29, 0.717) is 6.54 Å². The number of hydrogen-bond acceptors (Lipinski definition) is 6. The minimum atomic E-state index is -0.326. The number of carbonyl (C=O) groups excluding carboxylic acids is 2. The molecule has 10 heteroatoms. The van der Waals surface area contributed by atoms with Gasteiger partial charge in [-0.1, -0.05) is 125 Å². The summed E-state index contributed by atoms with van der Waals surface area (Å²) in [5.41, 5.74) is 7.77. The van der Waals surface area contributed by atoms with Gasteiger partial charge in [-0.15, -0.1) is 0 Å². The van der Waals surface area contributed by atoms with Gasteiger partial charge in [0.2, 0.25) is 11.8 Å². The highest BCUT2D eigenvalue weighted by Gasteiger charge is 2.40. The van der Waals surface area contributed by atoms with Gasteiger partial charge in [0.15, 0.2) is 0 Å². The van der Waals surface area contributed by atoms with Gasteiger partial charge < -0.3 is 24.2 Å². The highest BCUT2D eigenvalue weighted by Crippen LogP contribution is 2.40. The molecule has 2 aliphatic heterocycles. The van der Waals surface area contributed by atoms with Crippen molar-refractivity contribution in [2.75, 3.05) is 26.2 Å². The smallest absolute Gasteiger partial charge is 0.245 e. The van der Waals surface area contributed by atoms with Gasteiger partial charge in [-0.25, -0.2) is 9.97 Å². The van der Waals surface area contributed by atoms with Gasteiger partial charge in [-0.05, 0) is 85.6 Å². The summed E-state index contributed by atoms with van der Waals surface area (Å²) >= 11 is 0. The fourth-order valence-electron chi connectivity index (χ4n) is 10.2. The van der Waals surface area contributed by atoms with Gasteiger partial charge in [0.05, 0.1) is 41.8 Å². The van der Waals surface area contributed by atoms with E-state index in [1.807, 2.05) is 59.8 Å². The molecule has 324 valence electrons. The SMILES string of the molecule is CCC(CC)[C@@H](C(=O)N1CCC[C@H]1c1ncc(-c2ccc(-c3cc4cc(-c5cnc([C@@H]6CCCN6C(=O)[C@@H](c6ccccc6)N(CC)CC)[nH]5)ccc4o3)cc2)[nH]1)c1ccccc1. The van der Waals surface area contributed by atoms with Crippen LogP contribution in [0.2, 0.25) is 0 Å². The summed E-state index contributed by atoms with van der Waals surface area (Å²) in [6, 6.07) is 36.6. The summed E-state index contributed by atoms with van der Waals surface area (Å²) in [6.45, 7) is 11.7. The van der Waals surface area contributed by atoms with Crippen LogP contribution in [-0.2, 0) is 9.59 Å². The van der Waals surface area contributed by atoms with Crippen LogP contribution in [0.3, 0.4) is 0 Å².